The van der Waals surface area contributed by atoms with Crippen LogP contribution in [0, 0.1) is 0 Å². The van der Waals surface area contributed by atoms with Gasteiger partial charge in [0.1, 0.15) is 0 Å². The van der Waals surface area contributed by atoms with E-state index in [1.165, 1.54) is 0 Å². The Morgan fingerprint density at radius 3 is 3.08 bits per heavy atom. The summed E-state index contributed by atoms with van der Waals surface area (Å²) in [5, 5.41) is 3.41. The molecule has 0 fully saturated rings. The Kier molecular flexibility index (Phi) is 1.43. The normalized spacial score (nSPS) is 18.2. The Morgan fingerprint density at radius 1 is 1.42 bits per heavy atom. The third kappa shape index (κ3) is 1.20. The molecule has 2 rings (SSSR count). The zero-order valence-corrected chi connectivity index (χ0v) is 7.33. The van der Waals surface area contributed by atoms with Crippen molar-refractivity contribution in [2.75, 3.05) is 5.32 Å². The van der Waals surface area contributed by atoms with E-state index in [-0.39, 0.29) is 5.54 Å². The minimum atomic E-state index is 0.0638. The van der Waals surface area contributed by atoms with Gasteiger partial charge in [-0.1, -0.05) is 12.2 Å². The first-order valence-corrected chi connectivity index (χ1v) is 4.09. The smallest absolute Gasteiger partial charge is 0.0503 e. The van der Waals surface area contributed by atoms with Crippen LogP contribution in [0.15, 0.2) is 24.5 Å². The molecule has 62 valence electrons. The first kappa shape index (κ1) is 7.35. The molecule has 12 heavy (non-hydrogen) atoms. The Balaban J connectivity index is 2.46. The van der Waals surface area contributed by atoms with Crippen molar-refractivity contribution < 1.29 is 0 Å². The quantitative estimate of drug-likeness (QED) is 0.630. The maximum atomic E-state index is 4.05. The van der Waals surface area contributed by atoms with Crippen LogP contribution in [0.1, 0.15) is 19.4 Å². The van der Waals surface area contributed by atoms with Crippen molar-refractivity contribution in [1.29, 1.82) is 0 Å². The van der Waals surface area contributed by atoms with Crippen molar-refractivity contribution in [3.05, 3.63) is 30.1 Å². The third-order valence-electron chi connectivity index (χ3n) is 1.99. The van der Waals surface area contributed by atoms with Gasteiger partial charge in [0.05, 0.1) is 5.54 Å². The lowest BCUT2D eigenvalue weighted by molar-refractivity contribution is 0.710. The first-order valence-electron chi connectivity index (χ1n) is 4.09. The predicted molar refractivity (Wildman–Crippen MR) is 51.0 cm³/mol. The molecule has 1 aliphatic heterocycles. The molecule has 0 radical (unpaired) electrons. The molecule has 2 heterocycles. The summed E-state index contributed by atoms with van der Waals surface area (Å²) in [5.74, 6) is 0. The van der Waals surface area contributed by atoms with Crippen LogP contribution in [-0.4, -0.2) is 10.5 Å². The lowest BCUT2D eigenvalue weighted by Gasteiger charge is -2.28. The van der Waals surface area contributed by atoms with Gasteiger partial charge in [0.2, 0.25) is 0 Å². The summed E-state index contributed by atoms with van der Waals surface area (Å²) in [7, 11) is 0. The number of hydrogen-bond acceptors (Lipinski definition) is 2. The van der Waals surface area contributed by atoms with Crippen LogP contribution in [0.5, 0.6) is 0 Å². The maximum absolute atomic E-state index is 4.05. The molecular weight excluding hydrogens is 148 g/mol. The molecule has 1 aromatic rings. The molecule has 0 aliphatic carbocycles. The number of hydrogen-bond donors (Lipinski definition) is 1. The highest BCUT2D eigenvalue weighted by Crippen LogP contribution is 2.26. The van der Waals surface area contributed by atoms with Crippen LogP contribution in [-0.2, 0) is 0 Å². The largest absolute Gasteiger partial charge is 0.376 e. The van der Waals surface area contributed by atoms with E-state index in [0.717, 1.165) is 11.3 Å². The Hall–Kier alpha value is -1.31. The molecule has 1 aromatic heterocycles. The van der Waals surface area contributed by atoms with Gasteiger partial charge in [-0.2, -0.15) is 0 Å². The summed E-state index contributed by atoms with van der Waals surface area (Å²) in [6.07, 6.45) is 7.94. The van der Waals surface area contributed by atoms with Crippen molar-refractivity contribution in [2.24, 2.45) is 0 Å². The minimum Gasteiger partial charge on any atom is -0.376 e. The van der Waals surface area contributed by atoms with Gasteiger partial charge >= 0.3 is 0 Å². The zero-order valence-electron chi connectivity index (χ0n) is 7.33. The fraction of sp³-hybridized carbons (Fsp3) is 0.300. The molecule has 1 N–H and O–H groups in total. The lowest BCUT2D eigenvalue weighted by Crippen LogP contribution is -2.30. The monoisotopic (exact) mass is 160 g/mol. The molecule has 0 atom stereocenters. The van der Waals surface area contributed by atoms with E-state index in [4.69, 9.17) is 0 Å². The molecule has 2 heteroatoms. The number of aromatic nitrogens is 1. The van der Waals surface area contributed by atoms with Gasteiger partial charge in [0.15, 0.2) is 0 Å². The Bertz CT molecular complexity index is 326. The summed E-state index contributed by atoms with van der Waals surface area (Å²) in [5.41, 5.74) is 2.39. The number of fused-ring (bicyclic) bond motifs is 1. The average Bonchev–Trinajstić information content (AvgIpc) is 2.02. The summed E-state index contributed by atoms with van der Waals surface area (Å²) < 4.78 is 0. The van der Waals surface area contributed by atoms with Crippen molar-refractivity contribution in [1.82, 2.24) is 4.98 Å². The highest BCUT2D eigenvalue weighted by Gasteiger charge is 2.18. The van der Waals surface area contributed by atoms with Gasteiger partial charge in [-0.05, 0) is 19.9 Å². The van der Waals surface area contributed by atoms with E-state index in [1.54, 1.807) is 6.20 Å². The molecule has 0 saturated carbocycles. The topological polar surface area (TPSA) is 24.9 Å². The summed E-state index contributed by atoms with van der Waals surface area (Å²) in [6, 6.07) is 2.00. The highest BCUT2D eigenvalue weighted by molar-refractivity contribution is 5.70. The fourth-order valence-electron chi connectivity index (χ4n) is 1.34. The van der Waals surface area contributed by atoms with Gasteiger partial charge in [-0.3, -0.25) is 4.98 Å². The minimum absolute atomic E-state index is 0.0638. The number of nitrogens with zero attached hydrogens (tertiary/aromatic N) is 1. The number of anilines is 1. The average molecular weight is 160 g/mol. The first-order chi connectivity index (χ1) is 5.67. The van der Waals surface area contributed by atoms with Crippen molar-refractivity contribution >= 4 is 11.8 Å². The molecule has 0 spiro atoms. The lowest BCUT2D eigenvalue weighted by atomic mass is 9.98. The standard InChI is InChI=1S/C10H12N2/c1-10(2)5-3-8-7-11-6-4-9(8)12-10/h3-7,12H,1-2H3. The van der Waals surface area contributed by atoms with Gasteiger partial charge in [0.25, 0.3) is 0 Å². The van der Waals surface area contributed by atoms with Gasteiger partial charge < -0.3 is 5.32 Å². The van der Waals surface area contributed by atoms with Gasteiger partial charge in [0, 0.05) is 23.6 Å². The van der Waals surface area contributed by atoms with E-state index >= 15 is 0 Å². The van der Waals surface area contributed by atoms with Crippen LogP contribution in [0.3, 0.4) is 0 Å². The second-order valence-electron chi connectivity index (χ2n) is 3.64. The van der Waals surface area contributed by atoms with E-state index < -0.39 is 0 Å². The highest BCUT2D eigenvalue weighted by atomic mass is 15.0. The molecule has 1 aliphatic rings. The van der Waals surface area contributed by atoms with Crippen molar-refractivity contribution in [3.63, 3.8) is 0 Å². The van der Waals surface area contributed by atoms with E-state index in [1.807, 2.05) is 12.3 Å². The number of pyridine rings is 1. The van der Waals surface area contributed by atoms with Crippen LogP contribution in [0.2, 0.25) is 0 Å². The predicted octanol–water partition coefficient (Wildman–Crippen LogP) is 2.30. The van der Waals surface area contributed by atoms with Crippen molar-refractivity contribution in [3.8, 4) is 0 Å². The third-order valence-corrected chi connectivity index (χ3v) is 1.99. The van der Waals surface area contributed by atoms with Crippen LogP contribution in [0.4, 0.5) is 5.69 Å². The molecular formula is C10H12N2. The maximum Gasteiger partial charge on any atom is 0.0503 e. The Morgan fingerprint density at radius 2 is 2.25 bits per heavy atom. The Labute approximate surface area is 72.3 Å². The fourth-order valence-corrected chi connectivity index (χ4v) is 1.34. The zero-order chi connectivity index (χ0) is 8.60. The van der Waals surface area contributed by atoms with Crippen LogP contribution in [0.25, 0.3) is 6.08 Å². The molecule has 0 unspecified atom stereocenters. The summed E-state index contributed by atoms with van der Waals surface area (Å²) in [4.78, 5) is 4.05. The van der Waals surface area contributed by atoms with Crippen LogP contribution >= 0.6 is 0 Å². The van der Waals surface area contributed by atoms with Crippen molar-refractivity contribution in [2.45, 2.75) is 19.4 Å². The van der Waals surface area contributed by atoms with Gasteiger partial charge in [-0.15, -0.1) is 0 Å². The van der Waals surface area contributed by atoms with E-state index in [2.05, 4.69) is 36.3 Å². The second-order valence-corrected chi connectivity index (χ2v) is 3.64. The number of rotatable bonds is 0. The van der Waals surface area contributed by atoms with E-state index in [0.29, 0.717) is 0 Å². The molecule has 0 amide bonds. The molecule has 2 nitrogen and oxygen atoms in total. The molecule has 0 saturated heterocycles. The molecule has 0 aromatic carbocycles. The van der Waals surface area contributed by atoms with Gasteiger partial charge in [-0.25, -0.2) is 0 Å². The van der Waals surface area contributed by atoms with Crippen LogP contribution < -0.4 is 5.32 Å². The number of nitrogens with one attached hydrogen (secondary N) is 1. The molecule has 0 bridgehead atoms. The van der Waals surface area contributed by atoms with E-state index in [9.17, 15) is 0 Å². The summed E-state index contributed by atoms with van der Waals surface area (Å²) in [6.45, 7) is 4.29. The summed E-state index contributed by atoms with van der Waals surface area (Å²) >= 11 is 0. The SMILES string of the molecule is CC1(C)C=Cc2cnccc2N1. The second kappa shape index (κ2) is 2.34.